The SMILES string of the molecule is Cc1nn(-c2ccccc2)c2nc(-c3ccccc3)cc(C(=O)N3CCCSC3=Nc3ccccc3)c12. The molecule has 182 valence electrons. The minimum atomic E-state index is -0.0813. The summed E-state index contributed by atoms with van der Waals surface area (Å²) >= 11 is 1.62. The summed E-state index contributed by atoms with van der Waals surface area (Å²) in [6.07, 6.45) is 0.909. The van der Waals surface area contributed by atoms with E-state index in [1.54, 1.807) is 11.8 Å². The molecule has 3 heterocycles. The Labute approximate surface area is 219 Å². The first-order valence-corrected chi connectivity index (χ1v) is 13.3. The number of carbonyl (C=O) groups is 1. The lowest BCUT2D eigenvalue weighted by Crippen LogP contribution is -2.39. The van der Waals surface area contributed by atoms with E-state index < -0.39 is 0 Å². The van der Waals surface area contributed by atoms with Crippen molar-refractivity contribution in [2.24, 2.45) is 4.99 Å². The number of pyridine rings is 1. The number of nitrogens with zero attached hydrogens (tertiary/aromatic N) is 5. The number of carbonyl (C=O) groups excluding carboxylic acids is 1. The van der Waals surface area contributed by atoms with E-state index in [0.717, 1.165) is 51.1 Å². The molecule has 0 atom stereocenters. The van der Waals surface area contributed by atoms with Gasteiger partial charge in [-0.1, -0.05) is 78.5 Å². The Bertz CT molecular complexity index is 1600. The van der Waals surface area contributed by atoms with E-state index in [0.29, 0.717) is 17.8 Å². The lowest BCUT2D eigenvalue weighted by atomic mass is 10.0. The number of hydrogen-bond acceptors (Lipinski definition) is 5. The summed E-state index contributed by atoms with van der Waals surface area (Å²) in [6.45, 7) is 2.56. The van der Waals surface area contributed by atoms with Gasteiger partial charge in [0.05, 0.1) is 33.7 Å². The molecular formula is C30H25N5OS. The summed E-state index contributed by atoms with van der Waals surface area (Å²) in [5.74, 6) is 0.851. The van der Waals surface area contributed by atoms with Crippen molar-refractivity contribution in [1.82, 2.24) is 19.7 Å². The fourth-order valence-corrected chi connectivity index (χ4v) is 5.52. The largest absolute Gasteiger partial charge is 0.287 e. The number of amides is 1. The maximum Gasteiger partial charge on any atom is 0.260 e. The molecule has 1 aliphatic heterocycles. The van der Waals surface area contributed by atoms with Crippen LogP contribution < -0.4 is 0 Å². The minimum Gasteiger partial charge on any atom is -0.287 e. The molecule has 2 aromatic heterocycles. The fourth-order valence-electron chi connectivity index (χ4n) is 4.56. The van der Waals surface area contributed by atoms with Crippen LogP contribution in [0.2, 0.25) is 0 Å². The third-order valence-electron chi connectivity index (χ3n) is 6.33. The first-order chi connectivity index (χ1) is 18.2. The van der Waals surface area contributed by atoms with Gasteiger partial charge in [-0.25, -0.2) is 14.7 Å². The van der Waals surface area contributed by atoms with Crippen LogP contribution in [0.4, 0.5) is 5.69 Å². The van der Waals surface area contributed by atoms with Crippen molar-refractivity contribution in [1.29, 1.82) is 0 Å². The Kier molecular flexibility index (Phi) is 6.28. The zero-order chi connectivity index (χ0) is 25.2. The smallest absolute Gasteiger partial charge is 0.260 e. The van der Waals surface area contributed by atoms with Crippen LogP contribution in [-0.4, -0.2) is 43.0 Å². The van der Waals surface area contributed by atoms with Crippen molar-refractivity contribution in [2.45, 2.75) is 13.3 Å². The van der Waals surface area contributed by atoms with Crippen LogP contribution in [0.3, 0.4) is 0 Å². The molecule has 1 aliphatic rings. The summed E-state index contributed by atoms with van der Waals surface area (Å²) in [5.41, 5.74) is 5.44. The number of thioether (sulfide) groups is 1. The van der Waals surface area contributed by atoms with Crippen molar-refractivity contribution in [3.05, 3.63) is 108 Å². The van der Waals surface area contributed by atoms with Gasteiger partial charge in [-0.2, -0.15) is 5.10 Å². The number of aromatic nitrogens is 3. The topological polar surface area (TPSA) is 63.4 Å². The summed E-state index contributed by atoms with van der Waals surface area (Å²) < 4.78 is 1.83. The van der Waals surface area contributed by atoms with Gasteiger partial charge >= 0.3 is 0 Å². The van der Waals surface area contributed by atoms with Crippen molar-refractivity contribution in [3.8, 4) is 16.9 Å². The van der Waals surface area contributed by atoms with Gasteiger partial charge in [0.2, 0.25) is 0 Å². The average Bonchev–Trinajstić information content (AvgIpc) is 3.30. The summed E-state index contributed by atoms with van der Waals surface area (Å²) in [7, 11) is 0. The molecule has 1 amide bonds. The molecule has 5 aromatic rings. The van der Waals surface area contributed by atoms with Crippen molar-refractivity contribution in [3.63, 3.8) is 0 Å². The minimum absolute atomic E-state index is 0.0813. The number of rotatable bonds is 4. The van der Waals surface area contributed by atoms with Gasteiger partial charge in [-0.3, -0.25) is 9.69 Å². The molecule has 7 heteroatoms. The van der Waals surface area contributed by atoms with Crippen molar-refractivity contribution >= 4 is 39.6 Å². The van der Waals surface area contributed by atoms with Crippen LogP contribution in [0.25, 0.3) is 28.0 Å². The van der Waals surface area contributed by atoms with Crippen molar-refractivity contribution < 1.29 is 4.79 Å². The zero-order valence-electron chi connectivity index (χ0n) is 20.4. The zero-order valence-corrected chi connectivity index (χ0v) is 21.2. The van der Waals surface area contributed by atoms with Crippen LogP contribution >= 0.6 is 11.8 Å². The lowest BCUT2D eigenvalue weighted by Gasteiger charge is -2.28. The Morgan fingerprint density at radius 1 is 0.919 bits per heavy atom. The van der Waals surface area contributed by atoms with Gasteiger partial charge in [0, 0.05) is 17.9 Å². The van der Waals surface area contributed by atoms with E-state index >= 15 is 0 Å². The number of benzene rings is 3. The van der Waals surface area contributed by atoms with Gasteiger partial charge in [-0.15, -0.1) is 0 Å². The Morgan fingerprint density at radius 3 is 2.32 bits per heavy atom. The second kappa shape index (κ2) is 10.0. The molecule has 0 aliphatic carbocycles. The molecule has 0 N–H and O–H groups in total. The summed E-state index contributed by atoms with van der Waals surface area (Å²) in [4.78, 5) is 25.9. The van der Waals surface area contributed by atoms with E-state index in [9.17, 15) is 4.79 Å². The average molecular weight is 504 g/mol. The first-order valence-electron chi connectivity index (χ1n) is 12.3. The molecule has 0 saturated carbocycles. The van der Waals surface area contributed by atoms with Gasteiger partial charge in [-0.05, 0) is 43.7 Å². The van der Waals surface area contributed by atoms with E-state index in [2.05, 4.69) is 0 Å². The molecule has 3 aromatic carbocycles. The van der Waals surface area contributed by atoms with Crippen LogP contribution in [0.1, 0.15) is 22.5 Å². The molecule has 0 radical (unpaired) electrons. The fraction of sp³-hybridized carbons (Fsp3) is 0.133. The number of para-hydroxylation sites is 2. The van der Waals surface area contributed by atoms with Gasteiger partial charge in [0.15, 0.2) is 10.8 Å². The highest BCUT2D eigenvalue weighted by Gasteiger charge is 2.29. The highest BCUT2D eigenvalue weighted by Crippen LogP contribution is 2.31. The molecule has 0 spiro atoms. The molecule has 37 heavy (non-hydrogen) atoms. The highest BCUT2D eigenvalue weighted by atomic mass is 32.2. The molecular weight excluding hydrogens is 478 g/mol. The van der Waals surface area contributed by atoms with Crippen LogP contribution in [0.5, 0.6) is 0 Å². The molecule has 1 saturated heterocycles. The quantitative estimate of drug-likeness (QED) is 0.275. The monoisotopic (exact) mass is 503 g/mol. The molecule has 6 nitrogen and oxygen atoms in total. The predicted molar refractivity (Wildman–Crippen MR) is 151 cm³/mol. The summed E-state index contributed by atoms with van der Waals surface area (Å²) in [5, 5.41) is 6.31. The maximum atomic E-state index is 14.3. The predicted octanol–water partition coefficient (Wildman–Crippen LogP) is 6.66. The van der Waals surface area contributed by atoms with Gasteiger partial charge in [0.1, 0.15) is 0 Å². The van der Waals surface area contributed by atoms with E-state index in [4.69, 9.17) is 15.1 Å². The van der Waals surface area contributed by atoms with Crippen LogP contribution in [-0.2, 0) is 0 Å². The molecule has 6 rings (SSSR count). The maximum absolute atomic E-state index is 14.3. The third kappa shape index (κ3) is 4.54. The normalized spacial score (nSPS) is 14.8. The van der Waals surface area contributed by atoms with Crippen LogP contribution in [0.15, 0.2) is 102 Å². The Morgan fingerprint density at radius 2 is 1.59 bits per heavy atom. The van der Waals surface area contributed by atoms with Crippen LogP contribution in [0, 0.1) is 6.92 Å². The lowest BCUT2D eigenvalue weighted by molar-refractivity contribution is 0.0851. The third-order valence-corrected chi connectivity index (χ3v) is 7.39. The number of amidine groups is 1. The Balaban J connectivity index is 1.54. The second-order valence-corrected chi connectivity index (χ2v) is 9.90. The molecule has 0 unspecified atom stereocenters. The van der Waals surface area contributed by atoms with E-state index in [1.807, 2.05) is 114 Å². The standard InChI is InChI=1S/C30H25N5OS/c1-21-27-25(29(36)34-18-11-19-37-30(34)31-23-14-7-3-8-15-23)20-26(22-12-5-2-6-13-22)32-28(27)35(33-21)24-16-9-4-10-17-24/h2-10,12-17,20H,11,18-19H2,1H3. The van der Waals surface area contributed by atoms with E-state index in [-0.39, 0.29) is 5.91 Å². The number of aryl methyl sites for hydroxylation is 1. The number of hydrogen-bond donors (Lipinski definition) is 0. The van der Waals surface area contributed by atoms with Gasteiger partial charge < -0.3 is 0 Å². The Hall–Kier alpha value is -4.23. The van der Waals surface area contributed by atoms with Crippen molar-refractivity contribution in [2.75, 3.05) is 12.3 Å². The second-order valence-electron chi connectivity index (χ2n) is 8.84. The number of fused-ring (bicyclic) bond motifs is 1. The van der Waals surface area contributed by atoms with Gasteiger partial charge in [0.25, 0.3) is 5.91 Å². The summed E-state index contributed by atoms with van der Waals surface area (Å²) in [6, 6.07) is 31.6. The number of aliphatic imine (C=N–C) groups is 1. The first kappa shape index (κ1) is 23.2. The highest BCUT2D eigenvalue weighted by molar-refractivity contribution is 8.13. The molecule has 1 fully saturated rings. The van der Waals surface area contributed by atoms with E-state index in [1.165, 1.54) is 0 Å². The molecule has 0 bridgehead atoms.